The molecule has 2 atom stereocenters. The second-order valence-electron chi connectivity index (χ2n) is 13.6. The van der Waals surface area contributed by atoms with Crippen LogP contribution in [-0.4, -0.2) is 64.3 Å². The molecule has 49 heavy (non-hydrogen) atoms. The zero-order valence-corrected chi connectivity index (χ0v) is 28.1. The molecule has 1 saturated carbocycles. The van der Waals surface area contributed by atoms with Gasteiger partial charge in [-0.05, 0) is 115 Å². The fourth-order valence-electron chi connectivity index (χ4n) is 4.58. The van der Waals surface area contributed by atoms with Crippen molar-refractivity contribution in [3.05, 3.63) is 77.2 Å². The summed E-state index contributed by atoms with van der Waals surface area (Å²) in [6.45, 7) is 8.00. The van der Waals surface area contributed by atoms with E-state index in [1.165, 1.54) is 57.2 Å². The summed E-state index contributed by atoms with van der Waals surface area (Å²) in [5, 5.41) is 25.8. The Labute approximate surface area is 281 Å². The van der Waals surface area contributed by atoms with Crippen LogP contribution >= 0.6 is 0 Å². The van der Waals surface area contributed by atoms with Gasteiger partial charge in [0.1, 0.15) is 18.0 Å². The Bertz CT molecular complexity index is 1650. The van der Waals surface area contributed by atoms with Gasteiger partial charge in [-0.1, -0.05) is 0 Å². The summed E-state index contributed by atoms with van der Waals surface area (Å²) in [6.07, 6.45) is -5.41. The third-order valence-corrected chi connectivity index (χ3v) is 7.40. The van der Waals surface area contributed by atoms with Crippen LogP contribution in [0.2, 0.25) is 0 Å². The van der Waals surface area contributed by atoms with Crippen molar-refractivity contribution < 1.29 is 51.6 Å². The summed E-state index contributed by atoms with van der Waals surface area (Å²) in [5.41, 5.74) is -6.67. The zero-order valence-electron chi connectivity index (χ0n) is 28.1. The molecular weight excluding hydrogens is 650 g/mol. The van der Waals surface area contributed by atoms with Crippen molar-refractivity contribution in [1.29, 1.82) is 0 Å². The number of alkyl halides is 3. The van der Waals surface area contributed by atoms with Crippen LogP contribution in [0.25, 0.3) is 11.3 Å². The maximum absolute atomic E-state index is 14.8. The molecule has 0 spiro atoms. The molecule has 2 amide bonds. The number of alkyl carbamates (subject to hydrolysis) is 1. The first-order chi connectivity index (χ1) is 22.7. The molecule has 10 nitrogen and oxygen atoms in total. The molecule has 3 aromatic rings. The van der Waals surface area contributed by atoms with Crippen LogP contribution in [0.15, 0.2) is 54.6 Å². The molecule has 0 aliphatic heterocycles. The summed E-state index contributed by atoms with van der Waals surface area (Å²) < 4.78 is 75.0. The number of nitrogens with one attached hydrogen (secondary N) is 2. The lowest BCUT2D eigenvalue weighted by Crippen LogP contribution is -2.52. The van der Waals surface area contributed by atoms with E-state index in [0.29, 0.717) is 5.75 Å². The van der Waals surface area contributed by atoms with Gasteiger partial charge in [0.25, 0.3) is 5.91 Å². The summed E-state index contributed by atoms with van der Waals surface area (Å²) >= 11 is 0. The topological polar surface area (TPSA) is 139 Å². The van der Waals surface area contributed by atoms with E-state index in [-0.39, 0.29) is 40.8 Å². The van der Waals surface area contributed by atoms with E-state index < -0.39 is 59.1 Å². The number of halogens is 4. The molecule has 1 aliphatic rings. The maximum Gasteiger partial charge on any atom is 0.424 e. The van der Waals surface area contributed by atoms with Gasteiger partial charge in [0.2, 0.25) is 5.60 Å². The van der Waals surface area contributed by atoms with Crippen LogP contribution in [0, 0.1) is 5.82 Å². The first-order valence-electron chi connectivity index (χ1n) is 15.7. The van der Waals surface area contributed by atoms with E-state index in [1.54, 1.807) is 20.8 Å². The van der Waals surface area contributed by atoms with E-state index in [1.807, 2.05) is 0 Å². The molecule has 14 heteroatoms. The molecule has 4 N–H and O–H groups in total. The number of hydrogen-bond donors (Lipinski definition) is 4. The third kappa shape index (κ3) is 9.82. The van der Waals surface area contributed by atoms with Gasteiger partial charge in [-0.3, -0.25) is 4.79 Å². The number of carbonyl (C=O) groups is 2. The minimum absolute atomic E-state index is 0.0252. The molecule has 0 saturated heterocycles. The van der Waals surface area contributed by atoms with Crippen molar-refractivity contribution >= 4 is 12.0 Å². The highest BCUT2D eigenvalue weighted by Gasteiger charge is 2.56. The Hall–Kier alpha value is -4.43. The van der Waals surface area contributed by atoms with Crippen LogP contribution in [0.4, 0.5) is 22.4 Å². The lowest BCUT2D eigenvalue weighted by molar-refractivity contribution is -0.265. The minimum atomic E-state index is -5.36. The summed E-state index contributed by atoms with van der Waals surface area (Å²) in [6, 6.07) is 11.3. The number of aliphatic hydroxyl groups excluding tert-OH is 1. The maximum atomic E-state index is 14.8. The Morgan fingerprint density at radius 2 is 1.63 bits per heavy atom. The molecule has 1 fully saturated rings. The van der Waals surface area contributed by atoms with Crippen molar-refractivity contribution in [2.24, 2.45) is 0 Å². The molecule has 1 unspecified atom stereocenters. The quantitative estimate of drug-likeness (QED) is 0.167. The SMILES string of the molecule is C[C@@H](O)COc1cc(C(=O)NCC(O)(c2cc(C(C)(C)NC(=O)OC(C)(C)C)cc(-c3ccc(F)cc3)n2)C(F)(F)F)ccc1OC1CC1. The molecule has 4 rings (SSSR count). The zero-order chi connectivity index (χ0) is 36.4. The van der Waals surface area contributed by atoms with Gasteiger partial charge in [-0.25, -0.2) is 14.2 Å². The van der Waals surface area contributed by atoms with E-state index in [2.05, 4.69) is 15.6 Å². The Morgan fingerprint density at radius 1 is 0.980 bits per heavy atom. The highest BCUT2D eigenvalue weighted by atomic mass is 19.4. The normalized spacial score (nSPS) is 15.5. The Balaban J connectivity index is 1.71. The van der Waals surface area contributed by atoms with E-state index in [4.69, 9.17) is 14.2 Å². The van der Waals surface area contributed by atoms with Gasteiger partial charge in [0.05, 0.1) is 35.7 Å². The first-order valence-corrected chi connectivity index (χ1v) is 15.7. The molecule has 1 aromatic heterocycles. The number of ether oxygens (including phenoxy) is 3. The molecule has 1 heterocycles. The van der Waals surface area contributed by atoms with E-state index >= 15 is 0 Å². The van der Waals surface area contributed by atoms with Gasteiger partial charge in [0.15, 0.2) is 11.5 Å². The van der Waals surface area contributed by atoms with Crippen molar-refractivity contribution in [2.75, 3.05) is 13.2 Å². The third-order valence-electron chi connectivity index (χ3n) is 7.40. The summed E-state index contributed by atoms with van der Waals surface area (Å²) in [5.74, 6) is -1.13. The Morgan fingerprint density at radius 3 is 2.20 bits per heavy atom. The van der Waals surface area contributed by atoms with Crippen LogP contribution in [0.3, 0.4) is 0 Å². The summed E-state index contributed by atoms with van der Waals surface area (Å²) in [4.78, 5) is 30.0. The van der Waals surface area contributed by atoms with Gasteiger partial charge in [-0.2, -0.15) is 13.2 Å². The van der Waals surface area contributed by atoms with Crippen molar-refractivity contribution in [3.63, 3.8) is 0 Å². The number of nitrogens with zero attached hydrogens (tertiary/aromatic N) is 1. The standard InChI is InChI=1S/C35H41F4N3O7/c1-20(43)18-47-28-15-22(9-14-27(28)48-25-12-13-25)30(44)40-19-34(46,35(37,38)39)29-17-23(33(5,6)42-31(45)49-32(2,3)4)16-26(41-29)21-7-10-24(36)11-8-21/h7-11,14-17,20,25,43,46H,12-13,18-19H2,1-6H3,(H,40,44)(H,42,45)/t20-,34?/m1/s1. The Kier molecular flexibility index (Phi) is 10.8. The molecule has 266 valence electrons. The van der Waals surface area contributed by atoms with Gasteiger partial charge in [-0.15, -0.1) is 0 Å². The number of aliphatic hydroxyl groups is 2. The molecule has 2 aromatic carbocycles. The first kappa shape index (κ1) is 37.4. The predicted molar refractivity (Wildman–Crippen MR) is 172 cm³/mol. The highest BCUT2D eigenvalue weighted by Crippen LogP contribution is 2.40. The van der Waals surface area contributed by atoms with Crippen molar-refractivity contribution in [3.8, 4) is 22.8 Å². The lowest BCUT2D eigenvalue weighted by Gasteiger charge is -2.33. The smallest absolute Gasteiger partial charge is 0.424 e. The van der Waals surface area contributed by atoms with Crippen molar-refractivity contribution in [1.82, 2.24) is 15.6 Å². The van der Waals surface area contributed by atoms with Crippen LogP contribution in [-0.2, 0) is 15.9 Å². The monoisotopic (exact) mass is 691 g/mol. The van der Waals surface area contributed by atoms with Gasteiger partial charge in [0, 0.05) is 11.1 Å². The fraction of sp³-hybridized carbons (Fsp3) is 0.457. The second-order valence-corrected chi connectivity index (χ2v) is 13.6. The van der Waals surface area contributed by atoms with Crippen LogP contribution in [0.1, 0.15) is 76.0 Å². The average Bonchev–Trinajstić information content (AvgIpc) is 3.81. The number of hydrogen-bond acceptors (Lipinski definition) is 8. The molecule has 0 bridgehead atoms. The molecular formula is C35H41F4N3O7. The molecule has 0 radical (unpaired) electrons. The van der Waals surface area contributed by atoms with Gasteiger partial charge >= 0.3 is 12.3 Å². The minimum Gasteiger partial charge on any atom is -0.487 e. The van der Waals surface area contributed by atoms with Crippen molar-refractivity contribution in [2.45, 2.75) is 89.5 Å². The lowest BCUT2D eigenvalue weighted by atomic mass is 9.88. The predicted octanol–water partition coefficient (Wildman–Crippen LogP) is 6.13. The number of pyridine rings is 1. The van der Waals surface area contributed by atoms with Gasteiger partial charge < -0.3 is 35.1 Å². The van der Waals surface area contributed by atoms with Crippen LogP contribution < -0.4 is 20.1 Å². The highest BCUT2D eigenvalue weighted by molar-refractivity contribution is 5.95. The number of carbonyl (C=O) groups excluding carboxylic acids is 2. The number of rotatable bonds is 12. The second kappa shape index (κ2) is 14.2. The largest absolute Gasteiger partial charge is 0.487 e. The fourth-order valence-corrected chi connectivity index (χ4v) is 4.58. The average molecular weight is 692 g/mol. The number of benzene rings is 2. The van der Waals surface area contributed by atoms with E-state index in [9.17, 15) is 37.4 Å². The number of aromatic nitrogens is 1. The number of amides is 2. The van der Waals surface area contributed by atoms with Crippen LogP contribution in [0.5, 0.6) is 11.5 Å². The van der Waals surface area contributed by atoms with E-state index in [0.717, 1.165) is 31.0 Å². The molecule has 1 aliphatic carbocycles. The summed E-state index contributed by atoms with van der Waals surface area (Å²) in [7, 11) is 0.